The Bertz CT molecular complexity index is 433. The molecule has 0 aliphatic heterocycles. The third-order valence-electron chi connectivity index (χ3n) is 3.77. The second kappa shape index (κ2) is 9.80. The van der Waals surface area contributed by atoms with E-state index in [2.05, 4.69) is 31.0 Å². The van der Waals surface area contributed by atoms with E-state index >= 15 is 0 Å². The summed E-state index contributed by atoms with van der Waals surface area (Å²) in [5, 5.41) is 3.81. The van der Waals surface area contributed by atoms with Crippen molar-refractivity contribution in [2.24, 2.45) is 0 Å². The van der Waals surface area contributed by atoms with Gasteiger partial charge in [-0.1, -0.05) is 57.0 Å². The first-order valence-corrected chi connectivity index (χ1v) is 8.26. The zero-order valence-corrected chi connectivity index (χ0v) is 14.1. The van der Waals surface area contributed by atoms with Crippen molar-refractivity contribution in [2.75, 3.05) is 19.6 Å². The lowest BCUT2D eigenvalue weighted by molar-refractivity contribution is -0.121. The maximum absolute atomic E-state index is 11.9. The predicted molar refractivity (Wildman–Crippen MR) is 89.6 cm³/mol. The van der Waals surface area contributed by atoms with E-state index in [1.807, 2.05) is 24.3 Å². The molecule has 118 valence electrons. The van der Waals surface area contributed by atoms with Gasteiger partial charge in [-0.25, -0.2) is 0 Å². The van der Waals surface area contributed by atoms with E-state index in [-0.39, 0.29) is 11.9 Å². The number of hydrogen-bond donors (Lipinski definition) is 1. The topological polar surface area (TPSA) is 32.3 Å². The normalized spacial score (nSPS) is 12.4. The monoisotopic (exact) mass is 310 g/mol. The summed E-state index contributed by atoms with van der Waals surface area (Å²) in [5.74, 6) is 0.126. The Labute approximate surface area is 133 Å². The predicted octanol–water partition coefficient (Wildman–Crippen LogP) is 4.03. The van der Waals surface area contributed by atoms with Gasteiger partial charge in [-0.2, -0.15) is 0 Å². The van der Waals surface area contributed by atoms with Gasteiger partial charge in [0, 0.05) is 18.0 Å². The molecule has 0 aliphatic carbocycles. The van der Waals surface area contributed by atoms with Crippen LogP contribution in [0.3, 0.4) is 0 Å². The molecule has 1 aromatic carbocycles. The average Bonchev–Trinajstić information content (AvgIpc) is 2.50. The molecule has 0 unspecified atom stereocenters. The first-order chi connectivity index (χ1) is 10.1. The Kier molecular flexibility index (Phi) is 8.40. The second-order valence-electron chi connectivity index (χ2n) is 5.17. The van der Waals surface area contributed by atoms with Crippen LogP contribution in [0.25, 0.3) is 0 Å². The van der Waals surface area contributed by atoms with Crippen LogP contribution >= 0.6 is 11.6 Å². The average molecular weight is 311 g/mol. The number of unbranched alkanes of at least 4 members (excludes halogenated alkanes) is 1. The van der Waals surface area contributed by atoms with Crippen LogP contribution in [0.15, 0.2) is 24.3 Å². The van der Waals surface area contributed by atoms with Gasteiger partial charge in [0.25, 0.3) is 0 Å². The smallest absolute Gasteiger partial charge is 0.220 e. The highest BCUT2D eigenvalue weighted by atomic mass is 35.5. The van der Waals surface area contributed by atoms with E-state index in [1.165, 1.54) is 0 Å². The molecule has 1 aromatic rings. The van der Waals surface area contributed by atoms with Crippen LogP contribution in [0.4, 0.5) is 0 Å². The van der Waals surface area contributed by atoms with Gasteiger partial charge in [0.15, 0.2) is 0 Å². The molecule has 0 spiro atoms. The molecule has 21 heavy (non-hydrogen) atoms. The van der Waals surface area contributed by atoms with Gasteiger partial charge in [-0.15, -0.1) is 0 Å². The van der Waals surface area contributed by atoms with Crippen molar-refractivity contribution < 1.29 is 4.79 Å². The molecule has 1 amide bonds. The summed E-state index contributed by atoms with van der Waals surface area (Å²) in [5.41, 5.74) is 1.08. The SMILES string of the molecule is CCCCC(=O)NC[C@H](c1ccccc1Cl)N(CC)CC. The molecule has 0 aromatic heterocycles. The van der Waals surface area contributed by atoms with Crippen molar-refractivity contribution in [3.63, 3.8) is 0 Å². The number of likely N-dealkylation sites (N-methyl/N-ethyl adjacent to an activating group) is 1. The Hall–Kier alpha value is -1.06. The summed E-state index contributed by atoms with van der Waals surface area (Å²) < 4.78 is 0. The minimum atomic E-state index is 0.124. The van der Waals surface area contributed by atoms with Gasteiger partial charge in [-0.05, 0) is 31.1 Å². The maximum Gasteiger partial charge on any atom is 0.220 e. The van der Waals surface area contributed by atoms with Crippen LogP contribution in [-0.4, -0.2) is 30.4 Å². The molecule has 0 heterocycles. The fourth-order valence-corrected chi connectivity index (χ4v) is 2.74. The minimum Gasteiger partial charge on any atom is -0.354 e. The molecule has 0 aliphatic rings. The number of rotatable bonds is 9. The fourth-order valence-electron chi connectivity index (χ4n) is 2.48. The third-order valence-corrected chi connectivity index (χ3v) is 4.11. The number of carbonyl (C=O) groups excluding carboxylic acids is 1. The summed E-state index contributed by atoms with van der Waals surface area (Å²) in [6.07, 6.45) is 2.58. The lowest BCUT2D eigenvalue weighted by Gasteiger charge is -2.31. The van der Waals surface area contributed by atoms with Crippen molar-refractivity contribution in [3.05, 3.63) is 34.9 Å². The molecule has 0 radical (unpaired) electrons. The van der Waals surface area contributed by atoms with E-state index in [0.29, 0.717) is 13.0 Å². The molecule has 1 N–H and O–H groups in total. The molecule has 1 atom stereocenters. The highest BCUT2D eigenvalue weighted by molar-refractivity contribution is 6.31. The van der Waals surface area contributed by atoms with Gasteiger partial charge in [0.2, 0.25) is 5.91 Å². The molecule has 3 nitrogen and oxygen atoms in total. The van der Waals surface area contributed by atoms with E-state index in [1.54, 1.807) is 0 Å². The van der Waals surface area contributed by atoms with E-state index < -0.39 is 0 Å². The first-order valence-electron chi connectivity index (χ1n) is 7.89. The van der Waals surface area contributed by atoms with Crippen LogP contribution < -0.4 is 5.32 Å². The van der Waals surface area contributed by atoms with E-state index in [9.17, 15) is 4.79 Å². The largest absolute Gasteiger partial charge is 0.354 e. The summed E-state index contributed by atoms with van der Waals surface area (Å²) in [6, 6.07) is 8.01. The van der Waals surface area contributed by atoms with Crippen molar-refractivity contribution in [1.82, 2.24) is 10.2 Å². The molecular formula is C17H27ClN2O. The van der Waals surface area contributed by atoms with Gasteiger partial charge in [0.05, 0.1) is 6.04 Å². The van der Waals surface area contributed by atoms with Crippen LogP contribution in [0, 0.1) is 0 Å². The Balaban J connectivity index is 2.79. The van der Waals surface area contributed by atoms with Crippen LogP contribution in [0.5, 0.6) is 0 Å². The molecule has 0 bridgehead atoms. The number of benzene rings is 1. The number of carbonyl (C=O) groups is 1. The molecular weight excluding hydrogens is 284 g/mol. The number of halogens is 1. The molecule has 0 fully saturated rings. The standard InChI is InChI=1S/C17H27ClN2O/c1-4-7-12-17(21)19-13-16(20(5-2)6-3)14-10-8-9-11-15(14)18/h8-11,16H,4-7,12-13H2,1-3H3,(H,19,21)/t16-/m1/s1. The molecule has 1 rings (SSSR count). The van der Waals surface area contributed by atoms with Crippen LogP contribution in [0.2, 0.25) is 5.02 Å². The zero-order valence-electron chi connectivity index (χ0n) is 13.4. The van der Waals surface area contributed by atoms with Crippen LogP contribution in [-0.2, 0) is 4.79 Å². The lowest BCUT2D eigenvalue weighted by atomic mass is 10.0. The number of amides is 1. The quantitative estimate of drug-likeness (QED) is 0.747. The van der Waals surface area contributed by atoms with Gasteiger partial charge in [0.1, 0.15) is 0 Å². The highest BCUT2D eigenvalue weighted by Crippen LogP contribution is 2.26. The number of nitrogens with one attached hydrogen (secondary N) is 1. The van der Waals surface area contributed by atoms with Gasteiger partial charge >= 0.3 is 0 Å². The zero-order chi connectivity index (χ0) is 15.7. The second-order valence-corrected chi connectivity index (χ2v) is 5.57. The summed E-state index contributed by atoms with van der Waals surface area (Å²) >= 11 is 6.34. The fraction of sp³-hybridized carbons (Fsp3) is 0.588. The van der Waals surface area contributed by atoms with E-state index in [0.717, 1.165) is 36.5 Å². The summed E-state index contributed by atoms with van der Waals surface area (Å²) in [6.45, 7) is 8.82. The van der Waals surface area contributed by atoms with Crippen molar-refractivity contribution in [3.8, 4) is 0 Å². The minimum absolute atomic E-state index is 0.124. The van der Waals surface area contributed by atoms with Crippen molar-refractivity contribution in [2.45, 2.75) is 46.1 Å². The van der Waals surface area contributed by atoms with Crippen molar-refractivity contribution >= 4 is 17.5 Å². The Morgan fingerprint density at radius 2 is 1.90 bits per heavy atom. The van der Waals surface area contributed by atoms with Gasteiger partial charge in [-0.3, -0.25) is 9.69 Å². The third kappa shape index (κ3) is 5.68. The summed E-state index contributed by atoms with van der Waals surface area (Å²) in [7, 11) is 0. The maximum atomic E-state index is 11.9. The molecule has 4 heteroatoms. The Morgan fingerprint density at radius 1 is 1.24 bits per heavy atom. The van der Waals surface area contributed by atoms with Crippen molar-refractivity contribution in [1.29, 1.82) is 0 Å². The Morgan fingerprint density at radius 3 is 2.48 bits per heavy atom. The van der Waals surface area contributed by atoms with Gasteiger partial charge < -0.3 is 5.32 Å². The van der Waals surface area contributed by atoms with E-state index in [4.69, 9.17) is 11.6 Å². The lowest BCUT2D eigenvalue weighted by Crippen LogP contribution is -2.38. The number of hydrogen-bond acceptors (Lipinski definition) is 2. The number of nitrogens with zero attached hydrogens (tertiary/aromatic N) is 1. The van der Waals surface area contributed by atoms with Crippen LogP contribution in [0.1, 0.15) is 51.6 Å². The highest BCUT2D eigenvalue weighted by Gasteiger charge is 2.20. The summed E-state index contributed by atoms with van der Waals surface area (Å²) in [4.78, 5) is 14.2. The first kappa shape index (κ1) is 18.0. The molecule has 0 saturated heterocycles. The molecule has 0 saturated carbocycles.